The molecule has 8 heteroatoms. The fraction of sp³-hybridized carbons (Fsp3) is 0.464. The van der Waals surface area contributed by atoms with Gasteiger partial charge in [-0.15, -0.1) is 0 Å². The van der Waals surface area contributed by atoms with Gasteiger partial charge in [-0.2, -0.15) is 0 Å². The van der Waals surface area contributed by atoms with Gasteiger partial charge in [0.25, 0.3) is 0 Å². The zero-order valence-corrected chi connectivity index (χ0v) is 21.2. The van der Waals surface area contributed by atoms with Crippen molar-refractivity contribution < 1.29 is 29.0 Å². The molecule has 36 heavy (non-hydrogen) atoms. The Morgan fingerprint density at radius 1 is 1.00 bits per heavy atom. The molecular weight excluding hydrogens is 460 g/mol. The maximum atomic E-state index is 12.9. The number of hydrogen-bond acceptors (Lipinski definition) is 5. The summed E-state index contributed by atoms with van der Waals surface area (Å²) in [5.41, 5.74) is 2.74. The molecule has 192 valence electrons. The Morgan fingerprint density at radius 2 is 1.58 bits per heavy atom. The topological polar surface area (TPSA) is 105 Å². The molecule has 1 aliphatic carbocycles. The summed E-state index contributed by atoms with van der Waals surface area (Å²) in [6.07, 6.45) is -0.850. The SMILES string of the molecule is CC(C)(C)OC(=O)N1CCC(C(C)(CC(=O)O)NC(=O)OCC2c3ccccc3-c3ccccc32)C1. The van der Waals surface area contributed by atoms with Crippen molar-refractivity contribution in [3.05, 3.63) is 59.7 Å². The predicted molar refractivity (Wildman–Crippen MR) is 135 cm³/mol. The van der Waals surface area contributed by atoms with Crippen LogP contribution in [-0.2, 0) is 14.3 Å². The molecule has 2 aliphatic rings. The molecule has 2 amide bonds. The number of carboxylic acid groups (broad SMARTS) is 1. The van der Waals surface area contributed by atoms with Crippen molar-refractivity contribution in [3.8, 4) is 11.1 Å². The summed E-state index contributed by atoms with van der Waals surface area (Å²) in [6, 6.07) is 16.1. The zero-order valence-electron chi connectivity index (χ0n) is 21.2. The molecule has 2 aromatic rings. The van der Waals surface area contributed by atoms with Gasteiger partial charge in [-0.1, -0.05) is 48.5 Å². The van der Waals surface area contributed by atoms with Crippen molar-refractivity contribution in [2.75, 3.05) is 19.7 Å². The molecule has 0 aromatic heterocycles. The third-order valence-corrected chi connectivity index (χ3v) is 6.99. The standard InChI is InChI=1S/C28H34N2O6/c1-27(2,3)36-26(34)30-14-13-18(16-30)28(4,15-24(31)32)29-25(33)35-17-23-21-11-7-5-9-19(21)20-10-6-8-12-22(20)23/h5-12,18,23H,13-17H2,1-4H3,(H,29,33)(H,31,32). The van der Waals surface area contributed by atoms with E-state index in [2.05, 4.69) is 17.4 Å². The van der Waals surface area contributed by atoms with E-state index < -0.39 is 29.3 Å². The number of hydrogen-bond donors (Lipinski definition) is 2. The van der Waals surface area contributed by atoms with Gasteiger partial charge in [0, 0.05) is 24.9 Å². The van der Waals surface area contributed by atoms with E-state index in [4.69, 9.17) is 9.47 Å². The number of likely N-dealkylation sites (tertiary alicyclic amines) is 1. The lowest BCUT2D eigenvalue weighted by Gasteiger charge is -2.35. The van der Waals surface area contributed by atoms with E-state index >= 15 is 0 Å². The van der Waals surface area contributed by atoms with E-state index in [0.717, 1.165) is 22.3 Å². The minimum absolute atomic E-state index is 0.0944. The summed E-state index contributed by atoms with van der Waals surface area (Å²) >= 11 is 0. The van der Waals surface area contributed by atoms with Gasteiger partial charge >= 0.3 is 18.2 Å². The van der Waals surface area contributed by atoms with Gasteiger partial charge in [-0.05, 0) is 56.4 Å². The van der Waals surface area contributed by atoms with Gasteiger partial charge in [0.05, 0.1) is 12.0 Å². The zero-order chi connectivity index (χ0) is 26.1. The Hall–Kier alpha value is -3.55. The lowest BCUT2D eigenvalue weighted by molar-refractivity contribution is -0.139. The van der Waals surface area contributed by atoms with Crippen molar-refractivity contribution in [3.63, 3.8) is 0 Å². The molecule has 0 radical (unpaired) electrons. The number of aliphatic carboxylic acids is 1. The van der Waals surface area contributed by atoms with Crippen LogP contribution in [0.3, 0.4) is 0 Å². The van der Waals surface area contributed by atoms with Crippen LogP contribution in [0.15, 0.2) is 48.5 Å². The molecule has 0 saturated carbocycles. The third-order valence-electron chi connectivity index (χ3n) is 6.99. The first-order chi connectivity index (χ1) is 17.0. The smallest absolute Gasteiger partial charge is 0.410 e. The van der Waals surface area contributed by atoms with E-state index in [-0.39, 0.29) is 24.9 Å². The molecule has 8 nitrogen and oxygen atoms in total. The Balaban J connectivity index is 1.43. The van der Waals surface area contributed by atoms with Crippen LogP contribution >= 0.6 is 0 Å². The highest BCUT2D eigenvalue weighted by molar-refractivity contribution is 5.79. The van der Waals surface area contributed by atoms with Gasteiger partial charge in [-0.25, -0.2) is 9.59 Å². The second-order valence-corrected chi connectivity index (χ2v) is 10.9. The quantitative estimate of drug-likeness (QED) is 0.585. The molecule has 2 N–H and O–H groups in total. The van der Waals surface area contributed by atoms with Gasteiger partial charge in [0.1, 0.15) is 12.2 Å². The Kier molecular flexibility index (Phi) is 6.98. The average molecular weight is 495 g/mol. The second-order valence-electron chi connectivity index (χ2n) is 10.9. The van der Waals surface area contributed by atoms with E-state index in [1.54, 1.807) is 32.6 Å². The minimum atomic E-state index is -1.09. The van der Waals surface area contributed by atoms with E-state index in [1.165, 1.54) is 0 Å². The Labute approximate surface area is 211 Å². The highest BCUT2D eigenvalue weighted by Gasteiger charge is 2.44. The lowest BCUT2D eigenvalue weighted by atomic mass is 9.82. The number of alkyl carbamates (subject to hydrolysis) is 1. The number of benzene rings is 2. The molecule has 1 aliphatic heterocycles. The number of carbonyl (C=O) groups is 3. The fourth-order valence-corrected chi connectivity index (χ4v) is 5.25. The highest BCUT2D eigenvalue weighted by atomic mass is 16.6. The van der Waals surface area contributed by atoms with Crippen LogP contribution in [0.1, 0.15) is 57.6 Å². The molecule has 4 rings (SSSR count). The average Bonchev–Trinajstić information content (AvgIpc) is 3.40. The maximum absolute atomic E-state index is 12.9. The van der Waals surface area contributed by atoms with Crippen molar-refractivity contribution in [1.29, 1.82) is 0 Å². The number of nitrogens with one attached hydrogen (secondary N) is 1. The fourth-order valence-electron chi connectivity index (χ4n) is 5.25. The highest BCUT2D eigenvalue weighted by Crippen LogP contribution is 2.44. The van der Waals surface area contributed by atoms with Crippen molar-refractivity contribution in [2.45, 2.75) is 57.6 Å². The number of rotatable bonds is 6. The molecule has 0 spiro atoms. The minimum Gasteiger partial charge on any atom is -0.481 e. The number of carboxylic acids is 1. The molecule has 2 unspecified atom stereocenters. The summed E-state index contributed by atoms with van der Waals surface area (Å²) in [4.78, 5) is 38.7. The van der Waals surface area contributed by atoms with Crippen molar-refractivity contribution in [1.82, 2.24) is 10.2 Å². The van der Waals surface area contributed by atoms with E-state index in [9.17, 15) is 19.5 Å². The molecule has 2 aromatic carbocycles. The summed E-state index contributed by atoms with van der Waals surface area (Å²) in [5.74, 6) is -1.39. The van der Waals surface area contributed by atoms with Crippen molar-refractivity contribution in [2.24, 2.45) is 5.92 Å². The van der Waals surface area contributed by atoms with Crippen LogP contribution in [-0.4, -0.2) is 59.0 Å². The molecule has 1 heterocycles. The molecule has 0 bridgehead atoms. The van der Waals surface area contributed by atoms with Crippen molar-refractivity contribution >= 4 is 18.2 Å². The largest absolute Gasteiger partial charge is 0.481 e. The van der Waals surface area contributed by atoms with Crippen LogP contribution in [0.5, 0.6) is 0 Å². The number of ether oxygens (including phenoxy) is 2. The van der Waals surface area contributed by atoms with Gasteiger partial charge in [-0.3, -0.25) is 4.79 Å². The normalized spacial score (nSPS) is 18.7. The van der Waals surface area contributed by atoms with E-state index in [0.29, 0.717) is 19.5 Å². The van der Waals surface area contributed by atoms with Gasteiger partial charge in [0.15, 0.2) is 0 Å². The summed E-state index contributed by atoms with van der Waals surface area (Å²) in [6.45, 7) is 7.95. The Morgan fingerprint density at radius 3 is 2.14 bits per heavy atom. The van der Waals surface area contributed by atoms with Gasteiger partial charge in [0.2, 0.25) is 0 Å². The lowest BCUT2D eigenvalue weighted by Crippen LogP contribution is -2.54. The summed E-state index contributed by atoms with van der Waals surface area (Å²) in [7, 11) is 0. The third kappa shape index (κ3) is 5.48. The van der Waals surface area contributed by atoms with Gasteiger partial charge < -0.3 is 24.8 Å². The molecule has 1 fully saturated rings. The number of nitrogens with zero attached hydrogens (tertiary/aromatic N) is 1. The predicted octanol–water partition coefficient (Wildman–Crippen LogP) is 5.02. The van der Waals surface area contributed by atoms with Crippen LogP contribution in [0.25, 0.3) is 11.1 Å². The second kappa shape index (κ2) is 9.84. The Bertz CT molecular complexity index is 1110. The molecule has 2 atom stereocenters. The molecule has 1 saturated heterocycles. The van der Waals surface area contributed by atoms with Crippen LogP contribution in [0, 0.1) is 5.92 Å². The first kappa shape index (κ1) is 25.5. The maximum Gasteiger partial charge on any atom is 0.410 e. The number of fused-ring (bicyclic) bond motifs is 3. The number of amides is 2. The monoisotopic (exact) mass is 494 g/mol. The molecular formula is C28H34N2O6. The first-order valence-corrected chi connectivity index (χ1v) is 12.3. The van der Waals surface area contributed by atoms with Crippen LogP contribution in [0.4, 0.5) is 9.59 Å². The summed E-state index contributed by atoms with van der Waals surface area (Å²) in [5, 5.41) is 12.4. The van der Waals surface area contributed by atoms with E-state index in [1.807, 2.05) is 36.4 Å². The van der Waals surface area contributed by atoms with Crippen LogP contribution < -0.4 is 5.32 Å². The van der Waals surface area contributed by atoms with Crippen LogP contribution in [0.2, 0.25) is 0 Å². The summed E-state index contributed by atoms with van der Waals surface area (Å²) < 4.78 is 11.1. The first-order valence-electron chi connectivity index (χ1n) is 12.3. The number of carbonyl (C=O) groups excluding carboxylic acids is 2.